The first-order valence-electron chi connectivity index (χ1n) is 5.10. The van der Waals surface area contributed by atoms with Gasteiger partial charge < -0.3 is 19.9 Å². The lowest BCUT2D eigenvalue weighted by Crippen LogP contribution is -2.25. The van der Waals surface area contributed by atoms with Crippen LogP contribution in [0.15, 0.2) is 18.2 Å². The molecule has 16 heavy (non-hydrogen) atoms. The molecule has 1 heterocycles. The van der Waals surface area contributed by atoms with Crippen LogP contribution in [0.25, 0.3) is 0 Å². The molecular weight excluding hydrogens is 210 g/mol. The molecular formula is C11H13NO4. The van der Waals surface area contributed by atoms with Gasteiger partial charge in [-0.2, -0.15) is 0 Å². The maximum atomic E-state index is 11.1. The minimum atomic E-state index is -0.167. The van der Waals surface area contributed by atoms with E-state index in [1.54, 1.807) is 18.2 Å². The van der Waals surface area contributed by atoms with Crippen molar-refractivity contribution >= 4 is 11.6 Å². The molecule has 1 aromatic carbocycles. The SMILES string of the molecule is O=C1COc2ccc(OCCCO)cc2N1. The molecule has 5 heteroatoms. The molecule has 0 fully saturated rings. The average molecular weight is 223 g/mol. The number of aliphatic hydroxyl groups excluding tert-OH is 1. The molecule has 1 aliphatic heterocycles. The van der Waals surface area contributed by atoms with Crippen LogP contribution < -0.4 is 14.8 Å². The predicted molar refractivity (Wildman–Crippen MR) is 57.8 cm³/mol. The zero-order valence-electron chi connectivity index (χ0n) is 8.73. The van der Waals surface area contributed by atoms with E-state index >= 15 is 0 Å². The van der Waals surface area contributed by atoms with Crippen molar-refractivity contribution in [2.75, 3.05) is 25.1 Å². The first-order valence-corrected chi connectivity index (χ1v) is 5.10. The molecule has 0 spiro atoms. The first kappa shape index (κ1) is 10.8. The Bertz CT molecular complexity index is 392. The largest absolute Gasteiger partial charge is 0.493 e. The van der Waals surface area contributed by atoms with Crippen molar-refractivity contribution < 1.29 is 19.4 Å². The van der Waals surface area contributed by atoms with Crippen LogP contribution in [0, 0.1) is 0 Å². The van der Waals surface area contributed by atoms with Gasteiger partial charge in [-0.05, 0) is 12.1 Å². The molecule has 86 valence electrons. The second-order valence-electron chi connectivity index (χ2n) is 3.42. The van der Waals surface area contributed by atoms with Gasteiger partial charge >= 0.3 is 0 Å². The van der Waals surface area contributed by atoms with Crippen LogP contribution in [0.1, 0.15) is 6.42 Å². The van der Waals surface area contributed by atoms with Gasteiger partial charge in [-0.25, -0.2) is 0 Å². The number of aliphatic hydroxyl groups is 1. The highest BCUT2D eigenvalue weighted by Crippen LogP contribution is 2.31. The molecule has 0 radical (unpaired) electrons. The third kappa shape index (κ3) is 2.43. The van der Waals surface area contributed by atoms with Crippen LogP contribution in [0.2, 0.25) is 0 Å². The maximum Gasteiger partial charge on any atom is 0.262 e. The number of ether oxygens (including phenoxy) is 2. The highest BCUT2D eigenvalue weighted by molar-refractivity contribution is 5.95. The van der Waals surface area contributed by atoms with Crippen LogP contribution >= 0.6 is 0 Å². The fourth-order valence-corrected chi connectivity index (χ4v) is 1.41. The molecule has 1 aliphatic rings. The number of rotatable bonds is 4. The van der Waals surface area contributed by atoms with Crippen LogP contribution in [0.5, 0.6) is 11.5 Å². The van der Waals surface area contributed by atoms with Crippen LogP contribution in [0.3, 0.4) is 0 Å². The molecule has 0 bridgehead atoms. The van der Waals surface area contributed by atoms with E-state index in [4.69, 9.17) is 14.6 Å². The van der Waals surface area contributed by atoms with Gasteiger partial charge in [0.25, 0.3) is 5.91 Å². The summed E-state index contributed by atoms with van der Waals surface area (Å²) in [5.41, 5.74) is 0.623. The lowest BCUT2D eigenvalue weighted by atomic mass is 10.2. The van der Waals surface area contributed by atoms with Gasteiger partial charge in [0, 0.05) is 19.1 Å². The number of carbonyl (C=O) groups excluding carboxylic acids is 1. The summed E-state index contributed by atoms with van der Waals surface area (Å²) in [6.45, 7) is 0.604. The van der Waals surface area contributed by atoms with Gasteiger partial charge in [-0.3, -0.25) is 4.79 Å². The molecule has 0 saturated heterocycles. The summed E-state index contributed by atoms with van der Waals surface area (Å²) in [7, 11) is 0. The fraction of sp³-hybridized carbons (Fsp3) is 0.364. The molecule has 1 amide bonds. The van der Waals surface area contributed by atoms with Crippen molar-refractivity contribution in [2.45, 2.75) is 6.42 Å². The van der Waals surface area contributed by atoms with Crippen molar-refractivity contribution in [2.24, 2.45) is 0 Å². The Morgan fingerprint density at radius 1 is 1.50 bits per heavy atom. The monoisotopic (exact) mass is 223 g/mol. The number of anilines is 1. The lowest BCUT2D eigenvalue weighted by molar-refractivity contribution is -0.118. The Kier molecular flexibility index (Phi) is 3.26. The number of carbonyl (C=O) groups is 1. The molecule has 1 aromatic rings. The van der Waals surface area contributed by atoms with Crippen molar-refractivity contribution in [1.82, 2.24) is 0 Å². The Hall–Kier alpha value is -1.75. The summed E-state index contributed by atoms with van der Waals surface area (Å²) in [6.07, 6.45) is 0.583. The zero-order chi connectivity index (χ0) is 11.4. The van der Waals surface area contributed by atoms with Gasteiger partial charge in [-0.15, -0.1) is 0 Å². The van der Waals surface area contributed by atoms with Gasteiger partial charge in [0.15, 0.2) is 6.61 Å². The molecule has 0 saturated carbocycles. The summed E-state index contributed by atoms with van der Waals surface area (Å²) in [5, 5.41) is 11.3. The smallest absolute Gasteiger partial charge is 0.262 e. The normalized spacial score (nSPS) is 13.7. The third-order valence-corrected chi connectivity index (χ3v) is 2.16. The number of hydrogen-bond donors (Lipinski definition) is 2. The van der Waals surface area contributed by atoms with Crippen LogP contribution in [-0.4, -0.2) is 30.8 Å². The van der Waals surface area contributed by atoms with Crippen LogP contribution in [0.4, 0.5) is 5.69 Å². The second-order valence-corrected chi connectivity index (χ2v) is 3.42. The topological polar surface area (TPSA) is 67.8 Å². The molecule has 2 rings (SSSR count). The Balaban J connectivity index is 2.06. The van der Waals surface area contributed by atoms with Crippen molar-refractivity contribution in [3.05, 3.63) is 18.2 Å². The fourth-order valence-electron chi connectivity index (χ4n) is 1.41. The quantitative estimate of drug-likeness (QED) is 0.740. The molecule has 0 aliphatic carbocycles. The van der Waals surface area contributed by atoms with Crippen molar-refractivity contribution in [3.63, 3.8) is 0 Å². The van der Waals surface area contributed by atoms with E-state index in [0.717, 1.165) is 0 Å². The number of nitrogens with one attached hydrogen (secondary N) is 1. The standard InChI is InChI=1S/C11H13NO4/c13-4-1-5-15-8-2-3-10-9(6-8)12-11(14)7-16-10/h2-3,6,13H,1,4-5,7H2,(H,12,14). The van der Waals surface area contributed by atoms with Crippen molar-refractivity contribution in [3.8, 4) is 11.5 Å². The highest BCUT2D eigenvalue weighted by Gasteiger charge is 2.15. The summed E-state index contributed by atoms with van der Waals surface area (Å²) in [5.74, 6) is 1.13. The van der Waals surface area contributed by atoms with E-state index in [-0.39, 0.29) is 19.1 Å². The van der Waals surface area contributed by atoms with E-state index in [2.05, 4.69) is 5.32 Å². The molecule has 2 N–H and O–H groups in total. The van der Waals surface area contributed by atoms with E-state index in [1.807, 2.05) is 0 Å². The Morgan fingerprint density at radius 3 is 3.19 bits per heavy atom. The summed E-state index contributed by atoms with van der Waals surface area (Å²) < 4.78 is 10.6. The minimum Gasteiger partial charge on any atom is -0.493 e. The lowest BCUT2D eigenvalue weighted by Gasteiger charge is -2.18. The summed E-state index contributed by atoms with van der Waals surface area (Å²) in [4.78, 5) is 11.1. The predicted octanol–water partition coefficient (Wildman–Crippen LogP) is 0.779. The second kappa shape index (κ2) is 4.85. The molecule has 0 atom stereocenters. The third-order valence-electron chi connectivity index (χ3n) is 2.16. The highest BCUT2D eigenvalue weighted by atomic mass is 16.5. The zero-order valence-corrected chi connectivity index (χ0v) is 8.73. The minimum absolute atomic E-state index is 0.0533. The number of amides is 1. The number of benzene rings is 1. The van der Waals surface area contributed by atoms with E-state index in [1.165, 1.54) is 0 Å². The number of fused-ring (bicyclic) bond motifs is 1. The maximum absolute atomic E-state index is 11.1. The van der Waals surface area contributed by atoms with Crippen LogP contribution in [-0.2, 0) is 4.79 Å². The van der Waals surface area contributed by atoms with E-state index in [0.29, 0.717) is 30.2 Å². The van der Waals surface area contributed by atoms with Crippen molar-refractivity contribution in [1.29, 1.82) is 0 Å². The number of hydrogen-bond acceptors (Lipinski definition) is 4. The molecule has 5 nitrogen and oxygen atoms in total. The average Bonchev–Trinajstić information content (AvgIpc) is 2.29. The molecule has 0 aromatic heterocycles. The van der Waals surface area contributed by atoms with Gasteiger partial charge in [-0.1, -0.05) is 0 Å². The summed E-state index contributed by atoms with van der Waals surface area (Å²) >= 11 is 0. The summed E-state index contributed by atoms with van der Waals surface area (Å²) in [6, 6.07) is 5.24. The molecule has 0 unspecified atom stereocenters. The first-order chi connectivity index (χ1) is 7.79. The Labute approximate surface area is 93.0 Å². The van der Waals surface area contributed by atoms with E-state index < -0.39 is 0 Å². The van der Waals surface area contributed by atoms with E-state index in [9.17, 15) is 4.79 Å². The van der Waals surface area contributed by atoms with Gasteiger partial charge in [0.1, 0.15) is 11.5 Å². The van der Waals surface area contributed by atoms with Gasteiger partial charge in [0.05, 0.1) is 12.3 Å². The Morgan fingerprint density at radius 2 is 2.38 bits per heavy atom. The van der Waals surface area contributed by atoms with Gasteiger partial charge in [0.2, 0.25) is 0 Å².